The Kier molecular flexibility index (Phi) is 5.43. The van der Waals surface area contributed by atoms with Crippen LogP contribution in [0.2, 0.25) is 0 Å². The minimum Gasteiger partial charge on any atom is -0.496 e. The van der Waals surface area contributed by atoms with Gasteiger partial charge in [0, 0.05) is 0 Å². The van der Waals surface area contributed by atoms with Crippen LogP contribution in [0.1, 0.15) is 40.8 Å². The molecule has 0 radical (unpaired) electrons. The summed E-state index contributed by atoms with van der Waals surface area (Å²) in [5.74, 6) is 0.835. The minimum atomic E-state index is -0.00487. The van der Waals surface area contributed by atoms with Crippen LogP contribution in [-0.4, -0.2) is 13.0 Å². The molecule has 0 aliphatic carbocycles. The van der Waals surface area contributed by atoms with Crippen molar-refractivity contribution < 1.29 is 9.53 Å². The zero-order valence-electron chi connectivity index (χ0n) is 14.6. The molecule has 3 nitrogen and oxygen atoms in total. The molecule has 2 aromatic rings. The first kappa shape index (κ1) is 17.1. The number of benzene rings is 2. The first-order valence-electron chi connectivity index (χ1n) is 7.90. The molecule has 0 bridgehead atoms. The van der Waals surface area contributed by atoms with E-state index in [2.05, 4.69) is 37.4 Å². The number of carbonyl (C=O) groups excluding carboxylic acids is 1. The van der Waals surface area contributed by atoms with Crippen molar-refractivity contribution >= 4 is 5.91 Å². The first-order valence-corrected chi connectivity index (χ1v) is 7.90. The Morgan fingerprint density at radius 1 is 1.09 bits per heavy atom. The number of carbonyl (C=O) groups is 1. The van der Waals surface area contributed by atoms with Crippen LogP contribution in [0.5, 0.6) is 5.75 Å². The Morgan fingerprint density at radius 3 is 2.48 bits per heavy atom. The van der Waals surface area contributed by atoms with Crippen molar-refractivity contribution in [1.82, 2.24) is 5.32 Å². The van der Waals surface area contributed by atoms with Gasteiger partial charge in [-0.3, -0.25) is 4.79 Å². The number of hydrogen-bond donors (Lipinski definition) is 1. The van der Waals surface area contributed by atoms with E-state index in [0.717, 1.165) is 16.9 Å². The molecule has 2 aromatic carbocycles. The Labute approximate surface area is 138 Å². The van der Waals surface area contributed by atoms with E-state index in [4.69, 9.17) is 4.74 Å². The summed E-state index contributed by atoms with van der Waals surface area (Å²) in [4.78, 5) is 12.3. The van der Waals surface area contributed by atoms with Gasteiger partial charge in [-0.15, -0.1) is 0 Å². The first-order chi connectivity index (χ1) is 10.9. The number of aryl methyl sites for hydroxylation is 3. The predicted molar refractivity (Wildman–Crippen MR) is 93.9 cm³/mol. The molecule has 1 atom stereocenters. The van der Waals surface area contributed by atoms with Gasteiger partial charge in [-0.1, -0.05) is 35.9 Å². The Balaban J connectivity index is 2.05. The minimum absolute atomic E-state index is 0.00487. The number of hydrogen-bond acceptors (Lipinski definition) is 2. The van der Waals surface area contributed by atoms with E-state index in [1.807, 2.05) is 32.0 Å². The lowest BCUT2D eigenvalue weighted by Crippen LogP contribution is -2.28. The summed E-state index contributed by atoms with van der Waals surface area (Å²) < 4.78 is 5.31. The molecule has 1 amide bonds. The van der Waals surface area contributed by atoms with Crippen molar-refractivity contribution in [1.29, 1.82) is 0 Å². The molecule has 3 heteroatoms. The van der Waals surface area contributed by atoms with Crippen molar-refractivity contribution in [2.75, 3.05) is 7.11 Å². The molecule has 0 aliphatic heterocycles. The summed E-state index contributed by atoms with van der Waals surface area (Å²) in [7, 11) is 1.65. The van der Waals surface area contributed by atoms with Gasteiger partial charge in [0.1, 0.15) is 5.75 Å². The van der Waals surface area contributed by atoms with E-state index >= 15 is 0 Å². The van der Waals surface area contributed by atoms with Gasteiger partial charge in [-0.05, 0) is 56.0 Å². The Morgan fingerprint density at radius 2 is 1.78 bits per heavy atom. The molecule has 23 heavy (non-hydrogen) atoms. The summed E-state index contributed by atoms with van der Waals surface area (Å²) in [6.45, 7) is 8.15. The summed E-state index contributed by atoms with van der Waals surface area (Å²) in [6, 6.07) is 12.2. The van der Waals surface area contributed by atoms with Gasteiger partial charge in [-0.2, -0.15) is 0 Å². The summed E-state index contributed by atoms with van der Waals surface area (Å²) >= 11 is 0. The average Bonchev–Trinajstić information content (AvgIpc) is 2.51. The van der Waals surface area contributed by atoms with Gasteiger partial charge in [0.2, 0.25) is 5.91 Å². The molecule has 0 spiro atoms. The Bertz CT molecular complexity index is 707. The fraction of sp³-hybridized carbons (Fsp3) is 0.350. The SMILES string of the molecule is COc1cc(CC(=O)NC(C)c2cc(C)ccc2C)ccc1C. The van der Waals surface area contributed by atoms with E-state index in [1.165, 1.54) is 16.7 Å². The van der Waals surface area contributed by atoms with Crippen molar-refractivity contribution in [3.63, 3.8) is 0 Å². The van der Waals surface area contributed by atoms with Crippen LogP contribution in [-0.2, 0) is 11.2 Å². The lowest BCUT2D eigenvalue weighted by Gasteiger charge is -2.17. The van der Waals surface area contributed by atoms with Crippen LogP contribution in [0, 0.1) is 20.8 Å². The van der Waals surface area contributed by atoms with Crippen molar-refractivity contribution in [2.24, 2.45) is 0 Å². The second-order valence-corrected chi connectivity index (χ2v) is 6.13. The fourth-order valence-electron chi connectivity index (χ4n) is 2.76. The van der Waals surface area contributed by atoms with Gasteiger partial charge in [0.25, 0.3) is 0 Å². The average molecular weight is 311 g/mol. The zero-order valence-corrected chi connectivity index (χ0v) is 14.6. The summed E-state index contributed by atoms with van der Waals surface area (Å²) in [5, 5.41) is 3.09. The second-order valence-electron chi connectivity index (χ2n) is 6.13. The van der Waals surface area contributed by atoms with Crippen LogP contribution in [0.25, 0.3) is 0 Å². The van der Waals surface area contributed by atoms with Gasteiger partial charge in [0.05, 0.1) is 19.6 Å². The van der Waals surface area contributed by atoms with Gasteiger partial charge in [0.15, 0.2) is 0 Å². The fourth-order valence-corrected chi connectivity index (χ4v) is 2.76. The van der Waals surface area contributed by atoms with Gasteiger partial charge >= 0.3 is 0 Å². The molecule has 0 saturated carbocycles. The molecular weight excluding hydrogens is 286 g/mol. The van der Waals surface area contributed by atoms with E-state index in [-0.39, 0.29) is 11.9 Å². The standard InChI is InChI=1S/C20H25NO2/c1-13-6-7-14(2)18(10-13)16(4)21-20(22)12-17-9-8-15(3)19(11-17)23-5/h6-11,16H,12H2,1-5H3,(H,21,22). The third kappa shape index (κ3) is 4.35. The van der Waals surface area contributed by atoms with E-state index < -0.39 is 0 Å². The lowest BCUT2D eigenvalue weighted by atomic mass is 9.99. The number of nitrogens with one attached hydrogen (secondary N) is 1. The largest absolute Gasteiger partial charge is 0.496 e. The predicted octanol–water partition coefficient (Wildman–Crippen LogP) is 4.04. The maximum Gasteiger partial charge on any atom is 0.224 e. The molecular formula is C20H25NO2. The quantitative estimate of drug-likeness (QED) is 0.905. The van der Waals surface area contributed by atoms with Crippen LogP contribution >= 0.6 is 0 Å². The molecule has 0 aliphatic rings. The highest BCUT2D eigenvalue weighted by molar-refractivity contribution is 5.79. The van der Waals surface area contributed by atoms with E-state index in [0.29, 0.717) is 6.42 Å². The topological polar surface area (TPSA) is 38.3 Å². The van der Waals surface area contributed by atoms with Gasteiger partial charge in [-0.25, -0.2) is 0 Å². The van der Waals surface area contributed by atoms with Crippen molar-refractivity contribution in [2.45, 2.75) is 40.2 Å². The summed E-state index contributed by atoms with van der Waals surface area (Å²) in [5.41, 5.74) is 5.59. The highest BCUT2D eigenvalue weighted by Gasteiger charge is 2.13. The van der Waals surface area contributed by atoms with Gasteiger partial charge < -0.3 is 10.1 Å². The number of amides is 1. The third-order valence-corrected chi connectivity index (χ3v) is 4.12. The summed E-state index contributed by atoms with van der Waals surface area (Å²) in [6.07, 6.45) is 0.353. The molecule has 122 valence electrons. The third-order valence-electron chi connectivity index (χ3n) is 4.12. The maximum atomic E-state index is 12.3. The highest BCUT2D eigenvalue weighted by atomic mass is 16.5. The number of methoxy groups -OCH3 is 1. The second kappa shape index (κ2) is 7.32. The molecule has 2 rings (SSSR count). The monoisotopic (exact) mass is 311 g/mol. The van der Waals surface area contributed by atoms with E-state index in [9.17, 15) is 4.79 Å². The number of rotatable bonds is 5. The molecule has 1 unspecified atom stereocenters. The van der Waals surface area contributed by atoms with Crippen LogP contribution in [0.15, 0.2) is 36.4 Å². The van der Waals surface area contributed by atoms with Crippen molar-refractivity contribution in [3.05, 3.63) is 64.2 Å². The molecule has 0 aromatic heterocycles. The smallest absolute Gasteiger partial charge is 0.224 e. The van der Waals surface area contributed by atoms with Crippen molar-refractivity contribution in [3.8, 4) is 5.75 Å². The molecule has 0 fully saturated rings. The molecule has 1 N–H and O–H groups in total. The Hall–Kier alpha value is -2.29. The molecule has 0 saturated heterocycles. The normalized spacial score (nSPS) is 11.9. The number of ether oxygens (including phenoxy) is 1. The highest BCUT2D eigenvalue weighted by Crippen LogP contribution is 2.21. The van der Waals surface area contributed by atoms with Crippen LogP contribution in [0.4, 0.5) is 0 Å². The maximum absolute atomic E-state index is 12.3. The zero-order chi connectivity index (χ0) is 17.0. The van der Waals surface area contributed by atoms with Crippen LogP contribution < -0.4 is 10.1 Å². The lowest BCUT2D eigenvalue weighted by molar-refractivity contribution is -0.121. The molecule has 0 heterocycles. The van der Waals surface area contributed by atoms with E-state index in [1.54, 1.807) is 7.11 Å². The van der Waals surface area contributed by atoms with Crippen LogP contribution in [0.3, 0.4) is 0 Å².